The standard InChI is InChI=1S/C16H19O.2C4H11Si.Sc/c1-10-11(2)13(4)16(12(10)3)14-8-6-7-9-15(14)17-5;2*1-5(2,3)4;/h6-9H,1-5H3;2*1H2,2-4H3;/q3*-1;+3. The van der Waals surface area contributed by atoms with E-state index in [1.54, 1.807) is 7.11 Å². The maximum Gasteiger partial charge on any atom is 3.00 e. The van der Waals surface area contributed by atoms with Crippen LogP contribution in [0.25, 0.3) is 11.1 Å². The van der Waals surface area contributed by atoms with Gasteiger partial charge in [-0.2, -0.15) is 11.1 Å². The van der Waals surface area contributed by atoms with Crippen molar-refractivity contribution in [1.29, 1.82) is 0 Å². The maximum atomic E-state index is 5.46. The van der Waals surface area contributed by atoms with E-state index in [1.807, 2.05) is 12.1 Å². The molecule has 0 unspecified atom stereocenters. The van der Waals surface area contributed by atoms with E-state index in [0.717, 1.165) is 5.75 Å². The van der Waals surface area contributed by atoms with Gasteiger partial charge in [0.1, 0.15) is 0 Å². The molecule has 0 amide bonds. The van der Waals surface area contributed by atoms with Crippen molar-refractivity contribution in [2.45, 2.75) is 67.0 Å². The summed E-state index contributed by atoms with van der Waals surface area (Å²) < 4.78 is 5.46. The average molecular weight is 447 g/mol. The van der Waals surface area contributed by atoms with Gasteiger partial charge in [-0.05, 0) is 6.07 Å². The molecule has 0 saturated carbocycles. The summed E-state index contributed by atoms with van der Waals surface area (Å²) in [5, 5.41) is 0. The average Bonchev–Trinajstić information content (AvgIpc) is 2.68. The van der Waals surface area contributed by atoms with Crippen LogP contribution in [-0.4, -0.2) is 23.3 Å². The Kier molecular flexibility index (Phi) is 13.2. The fourth-order valence-corrected chi connectivity index (χ4v) is 2.47. The Bertz CT molecular complexity index is 670. The van der Waals surface area contributed by atoms with Gasteiger partial charge in [0.25, 0.3) is 0 Å². The number of benzene rings is 1. The quantitative estimate of drug-likeness (QED) is 0.339. The number of hydrogen-bond donors (Lipinski definition) is 0. The molecule has 0 saturated heterocycles. The van der Waals surface area contributed by atoms with Crippen molar-refractivity contribution in [1.82, 2.24) is 0 Å². The molecule has 0 aromatic heterocycles. The first kappa shape index (κ1) is 29.9. The summed E-state index contributed by atoms with van der Waals surface area (Å²) in [5.74, 6) is 0.948. The van der Waals surface area contributed by atoms with Crippen LogP contribution in [0.2, 0.25) is 39.3 Å². The Balaban J connectivity index is 0. The van der Waals surface area contributed by atoms with Crippen molar-refractivity contribution in [3.63, 3.8) is 0 Å². The third-order valence-electron chi connectivity index (χ3n) is 3.81. The Morgan fingerprint density at radius 2 is 1.21 bits per heavy atom. The van der Waals surface area contributed by atoms with E-state index in [1.165, 1.54) is 33.4 Å². The number of para-hydroxylation sites is 1. The van der Waals surface area contributed by atoms with Gasteiger partial charge in [0.05, 0.1) is 12.9 Å². The maximum absolute atomic E-state index is 5.46. The summed E-state index contributed by atoms with van der Waals surface area (Å²) in [6.07, 6.45) is 0. The topological polar surface area (TPSA) is 9.23 Å². The Morgan fingerprint density at radius 1 is 0.821 bits per heavy atom. The molecule has 28 heavy (non-hydrogen) atoms. The van der Waals surface area contributed by atoms with Gasteiger partial charge in [0, 0.05) is 0 Å². The molecule has 0 aliphatic carbocycles. The molecule has 2 aromatic rings. The molecule has 0 N–H and O–H groups in total. The predicted octanol–water partition coefficient (Wildman–Crippen LogP) is 7.71. The van der Waals surface area contributed by atoms with E-state index in [0.29, 0.717) is 0 Å². The molecule has 2 rings (SSSR count). The largest absolute Gasteiger partial charge is 3.00 e. The van der Waals surface area contributed by atoms with Crippen LogP contribution in [0.1, 0.15) is 22.3 Å². The zero-order chi connectivity index (χ0) is 21.6. The summed E-state index contributed by atoms with van der Waals surface area (Å²) in [6.45, 7) is 29.9. The molecular weight excluding hydrogens is 405 g/mol. The first-order valence-corrected chi connectivity index (χ1v) is 17.1. The second-order valence-corrected chi connectivity index (χ2v) is 19.9. The van der Waals surface area contributed by atoms with Gasteiger partial charge in [0.2, 0.25) is 0 Å². The number of ether oxygens (including phenoxy) is 1. The normalized spacial score (nSPS) is 10.8. The fraction of sp³-hybridized carbons (Fsp3) is 0.458. The van der Waals surface area contributed by atoms with Crippen molar-refractivity contribution in [3.05, 3.63) is 59.6 Å². The van der Waals surface area contributed by atoms with Crippen molar-refractivity contribution in [2.75, 3.05) is 7.11 Å². The van der Waals surface area contributed by atoms with Gasteiger partial charge >= 0.3 is 25.8 Å². The minimum atomic E-state index is -0.861. The fourth-order valence-electron chi connectivity index (χ4n) is 2.47. The minimum absolute atomic E-state index is 0. The van der Waals surface area contributed by atoms with Crippen molar-refractivity contribution < 1.29 is 30.6 Å². The van der Waals surface area contributed by atoms with Crippen LogP contribution < -0.4 is 4.74 Å². The zero-order valence-corrected chi connectivity index (χ0v) is 24.0. The number of methoxy groups -OCH3 is 1. The van der Waals surface area contributed by atoms with Crippen LogP contribution in [0.5, 0.6) is 5.75 Å². The second kappa shape index (κ2) is 12.4. The molecule has 0 aliphatic rings. The molecule has 0 heterocycles. The van der Waals surface area contributed by atoms with Gasteiger partial charge in [0.15, 0.2) is 0 Å². The van der Waals surface area contributed by atoms with E-state index in [-0.39, 0.29) is 25.8 Å². The van der Waals surface area contributed by atoms with Crippen molar-refractivity contribution in [2.24, 2.45) is 0 Å². The predicted molar refractivity (Wildman–Crippen MR) is 130 cm³/mol. The summed E-state index contributed by atoms with van der Waals surface area (Å²) in [6, 6.07) is 8.23. The third-order valence-corrected chi connectivity index (χ3v) is 3.81. The van der Waals surface area contributed by atoms with Gasteiger partial charge in [-0.1, -0.05) is 90.7 Å². The smallest absolute Gasteiger partial charge is 0.506 e. The molecular formula is C24H41OScSi2. The molecule has 4 heteroatoms. The van der Waals surface area contributed by atoms with Gasteiger partial charge in [-0.15, -0.1) is 32.8 Å². The molecule has 0 bridgehead atoms. The van der Waals surface area contributed by atoms with Crippen LogP contribution in [0.15, 0.2) is 24.3 Å². The Labute approximate surface area is 196 Å². The van der Waals surface area contributed by atoms with E-state index in [2.05, 4.69) is 92.2 Å². The molecule has 154 valence electrons. The summed E-state index contributed by atoms with van der Waals surface area (Å²) >= 11 is 0. The summed E-state index contributed by atoms with van der Waals surface area (Å²) in [7, 11) is 0.00611. The molecule has 0 fully saturated rings. The monoisotopic (exact) mass is 446 g/mol. The van der Waals surface area contributed by atoms with Crippen LogP contribution in [0, 0.1) is 40.8 Å². The number of rotatable bonds is 2. The molecule has 0 atom stereocenters. The zero-order valence-electron chi connectivity index (χ0n) is 20.2. The minimum Gasteiger partial charge on any atom is -0.506 e. The molecule has 0 radical (unpaired) electrons. The van der Waals surface area contributed by atoms with Crippen LogP contribution in [0.4, 0.5) is 0 Å². The van der Waals surface area contributed by atoms with Gasteiger partial charge in [-0.25, -0.2) is 0 Å². The molecule has 1 nitrogen and oxygen atoms in total. The Hall–Kier alpha value is -0.326. The SMILES string of the molecule is COc1ccccc1-c1c(C)c(C)c(C)[c-]1C.[CH2-][Si](C)(C)C.[CH2-][Si](C)(C)C.[Sc+3]. The second-order valence-electron chi connectivity index (χ2n) is 9.70. The molecule has 0 aliphatic heterocycles. The first-order chi connectivity index (χ1) is 12.1. The van der Waals surface area contributed by atoms with E-state index < -0.39 is 16.1 Å². The molecule has 0 spiro atoms. The van der Waals surface area contributed by atoms with Crippen LogP contribution >= 0.6 is 0 Å². The van der Waals surface area contributed by atoms with Crippen LogP contribution in [-0.2, 0) is 25.8 Å². The van der Waals surface area contributed by atoms with E-state index in [9.17, 15) is 0 Å². The van der Waals surface area contributed by atoms with Crippen LogP contribution in [0.3, 0.4) is 0 Å². The summed E-state index contributed by atoms with van der Waals surface area (Å²) in [4.78, 5) is 0. The van der Waals surface area contributed by atoms with E-state index in [4.69, 9.17) is 4.74 Å². The van der Waals surface area contributed by atoms with Gasteiger partial charge in [-0.3, -0.25) is 0 Å². The van der Waals surface area contributed by atoms with Crippen molar-refractivity contribution >= 4 is 16.1 Å². The summed E-state index contributed by atoms with van der Waals surface area (Å²) in [5.41, 5.74) is 8.04. The number of hydrogen-bond acceptors (Lipinski definition) is 1. The first-order valence-electron chi connectivity index (χ1n) is 9.65. The van der Waals surface area contributed by atoms with E-state index >= 15 is 0 Å². The van der Waals surface area contributed by atoms with Gasteiger partial charge < -0.3 is 17.8 Å². The molecule has 2 aromatic carbocycles. The Morgan fingerprint density at radius 3 is 1.54 bits per heavy atom. The van der Waals surface area contributed by atoms with Crippen molar-refractivity contribution in [3.8, 4) is 16.9 Å². The third kappa shape index (κ3) is 11.6.